The van der Waals surface area contributed by atoms with Gasteiger partial charge in [-0.2, -0.15) is 0 Å². The third kappa shape index (κ3) is 5.85. The van der Waals surface area contributed by atoms with Crippen molar-refractivity contribution in [2.75, 3.05) is 7.05 Å². The highest BCUT2D eigenvalue weighted by molar-refractivity contribution is 5.97. The van der Waals surface area contributed by atoms with E-state index in [9.17, 15) is 9.59 Å². The van der Waals surface area contributed by atoms with Crippen molar-refractivity contribution >= 4 is 11.9 Å². The van der Waals surface area contributed by atoms with E-state index in [0.29, 0.717) is 6.54 Å². The van der Waals surface area contributed by atoms with Crippen molar-refractivity contribution in [3.63, 3.8) is 0 Å². The van der Waals surface area contributed by atoms with Crippen LogP contribution in [0.25, 0.3) is 0 Å². The SMILES string of the molecule is Cc1ccccc1CN(C)[C@H](C)C(=O)NC(=O)NC(C)(C)C. The normalized spacial score (nSPS) is 12.9. The van der Waals surface area contributed by atoms with Gasteiger partial charge in [0.15, 0.2) is 0 Å². The van der Waals surface area contributed by atoms with Crippen molar-refractivity contribution in [3.05, 3.63) is 35.4 Å². The Balaban J connectivity index is 2.59. The van der Waals surface area contributed by atoms with Gasteiger partial charge in [0.1, 0.15) is 0 Å². The van der Waals surface area contributed by atoms with Crippen molar-refractivity contribution in [1.29, 1.82) is 0 Å². The fraction of sp³-hybridized carbons (Fsp3) is 0.529. The first-order chi connectivity index (χ1) is 10.1. The number of likely N-dealkylation sites (N-methyl/N-ethyl adjacent to an activating group) is 1. The molecule has 122 valence electrons. The Morgan fingerprint density at radius 2 is 1.82 bits per heavy atom. The summed E-state index contributed by atoms with van der Waals surface area (Å²) in [7, 11) is 1.87. The van der Waals surface area contributed by atoms with Gasteiger partial charge in [0, 0.05) is 12.1 Å². The summed E-state index contributed by atoms with van der Waals surface area (Å²) in [5.74, 6) is -0.308. The van der Waals surface area contributed by atoms with Crippen molar-refractivity contribution in [1.82, 2.24) is 15.5 Å². The fourth-order valence-electron chi connectivity index (χ4n) is 1.98. The molecular formula is C17H27N3O2. The van der Waals surface area contributed by atoms with Crippen LogP contribution in [0.1, 0.15) is 38.8 Å². The maximum atomic E-state index is 12.1. The van der Waals surface area contributed by atoms with E-state index in [0.717, 1.165) is 0 Å². The second-order valence-electron chi connectivity index (χ2n) is 6.71. The molecule has 1 atom stereocenters. The van der Waals surface area contributed by atoms with Crippen LogP contribution < -0.4 is 10.6 Å². The van der Waals surface area contributed by atoms with Crippen LogP contribution in [-0.4, -0.2) is 35.5 Å². The minimum absolute atomic E-state index is 0.308. The Kier molecular flexibility index (Phi) is 6.11. The van der Waals surface area contributed by atoms with Crippen LogP contribution in [0.15, 0.2) is 24.3 Å². The van der Waals surface area contributed by atoms with E-state index in [2.05, 4.69) is 10.6 Å². The highest BCUT2D eigenvalue weighted by Crippen LogP contribution is 2.11. The second-order valence-corrected chi connectivity index (χ2v) is 6.71. The summed E-state index contributed by atoms with van der Waals surface area (Å²) < 4.78 is 0. The van der Waals surface area contributed by atoms with Gasteiger partial charge in [-0.25, -0.2) is 4.79 Å². The van der Waals surface area contributed by atoms with Crippen molar-refractivity contribution in [2.24, 2.45) is 0 Å². The van der Waals surface area contributed by atoms with E-state index in [1.807, 2.05) is 63.9 Å². The summed E-state index contributed by atoms with van der Waals surface area (Å²) in [6.07, 6.45) is 0. The van der Waals surface area contributed by atoms with Gasteiger partial charge in [0.2, 0.25) is 5.91 Å². The van der Waals surface area contributed by atoms with Crippen LogP contribution in [-0.2, 0) is 11.3 Å². The average molecular weight is 305 g/mol. The zero-order valence-electron chi connectivity index (χ0n) is 14.4. The van der Waals surface area contributed by atoms with Crippen molar-refractivity contribution in [3.8, 4) is 0 Å². The van der Waals surface area contributed by atoms with Crippen LogP contribution in [0.2, 0.25) is 0 Å². The number of nitrogens with one attached hydrogen (secondary N) is 2. The Labute approximate surface area is 133 Å². The van der Waals surface area contributed by atoms with Crippen LogP contribution in [0.4, 0.5) is 4.79 Å². The van der Waals surface area contributed by atoms with Gasteiger partial charge >= 0.3 is 6.03 Å². The number of benzene rings is 1. The molecule has 22 heavy (non-hydrogen) atoms. The highest BCUT2D eigenvalue weighted by Gasteiger charge is 2.22. The van der Waals surface area contributed by atoms with Gasteiger partial charge in [-0.05, 0) is 52.8 Å². The zero-order valence-corrected chi connectivity index (χ0v) is 14.4. The van der Waals surface area contributed by atoms with Crippen LogP contribution >= 0.6 is 0 Å². The Morgan fingerprint density at radius 3 is 2.36 bits per heavy atom. The lowest BCUT2D eigenvalue weighted by molar-refractivity contribution is -0.124. The molecule has 5 heteroatoms. The van der Waals surface area contributed by atoms with Gasteiger partial charge < -0.3 is 5.32 Å². The minimum Gasteiger partial charge on any atom is -0.333 e. The quantitative estimate of drug-likeness (QED) is 0.898. The Hall–Kier alpha value is -1.88. The molecule has 0 heterocycles. The van der Waals surface area contributed by atoms with E-state index in [4.69, 9.17) is 0 Å². The lowest BCUT2D eigenvalue weighted by atomic mass is 10.1. The average Bonchev–Trinajstić information content (AvgIpc) is 2.38. The molecule has 3 amide bonds. The first kappa shape index (κ1) is 18.2. The molecule has 0 aliphatic rings. The molecule has 0 aliphatic heterocycles. The van der Waals surface area contributed by atoms with E-state index in [1.54, 1.807) is 6.92 Å². The molecular weight excluding hydrogens is 278 g/mol. The number of carbonyl (C=O) groups is 2. The summed E-state index contributed by atoms with van der Waals surface area (Å²) in [6, 6.07) is 7.20. The number of aryl methyl sites for hydroxylation is 1. The molecule has 1 rings (SSSR count). The van der Waals surface area contributed by atoms with Crippen LogP contribution in [0.5, 0.6) is 0 Å². The maximum absolute atomic E-state index is 12.1. The van der Waals surface area contributed by atoms with Gasteiger partial charge in [-0.1, -0.05) is 24.3 Å². The predicted octanol–water partition coefficient (Wildman–Crippen LogP) is 2.44. The molecule has 0 fully saturated rings. The standard InChI is InChI=1S/C17H27N3O2/c1-12-9-7-8-10-14(12)11-20(6)13(2)15(21)18-16(22)19-17(3,4)5/h7-10,13H,11H2,1-6H3,(H2,18,19,21,22)/t13-/m1/s1. The summed E-state index contributed by atoms with van der Waals surface area (Å²) in [5, 5.41) is 5.10. The number of imide groups is 1. The molecule has 0 aromatic heterocycles. The van der Waals surface area contributed by atoms with Gasteiger partial charge in [-0.15, -0.1) is 0 Å². The fourth-order valence-corrected chi connectivity index (χ4v) is 1.98. The maximum Gasteiger partial charge on any atom is 0.321 e. The third-order valence-electron chi connectivity index (χ3n) is 3.45. The van der Waals surface area contributed by atoms with E-state index in [1.165, 1.54) is 11.1 Å². The molecule has 0 radical (unpaired) electrons. The van der Waals surface area contributed by atoms with Crippen molar-refractivity contribution < 1.29 is 9.59 Å². The molecule has 1 aromatic rings. The second kappa shape index (κ2) is 7.40. The number of amides is 3. The molecule has 2 N–H and O–H groups in total. The largest absolute Gasteiger partial charge is 0.333 e. The predicted molar refractivity (Wildman–Crippen MR) is 88.5 cm³/mol. The molecule has 0 saturated heterocycles. The Bertz CT molecular complexity index is 535. The lowest BCUT2D eigenvalue weighted by Crippen LogP contribution is -2.52. The number of nitrogens with zero attached hydrogens (tertiary/aromatic N) is 1. The number of carbonyl (C=O) groups excluding carboxylic acids is 2. The molecule has 0 spiro atoms. The topological polar surface area (TPSA) is 61.4 Å². The zero-order chi connectivity index (χ0) is 16.9. The third-order valence-corrected chi connectivity index (χ3v) is 3.45. The van der Waals surface area contributed by atoms with Crippen LogP contribution in [0.3, 0.4) is 0 Å². The first-order valence-electron chi connectivity index (χ1n) is 7.48. The Morgan fingerprint density at radius 1 is 1.23 bits per heavy atom. The molecule has 5 nitrogen and oxygen atoms in total. The molecule has 0 saturated carbocycles. The van der Waals surface area contributed by atoms with E-state index >= 15 is 0 Å². The number of urea groups is 1. The number of rotatable bonds is 4. The van der Waals surface area contributed by atoms with Crippen LogP contribution in [0, 0.1) is 6.92 Å². The summed E-state index contributed by atoms with van der Waals surface area (Å²) in [5.41, 5.74) is 1.98. The van der Waals surface area contributed by atoms with E-state index < -0.39 is 12.1 Å². The van der Waals surface area contributed by atoms with Gasteiger partial charge in [0.25, 0.3) is 0 Å². The first-order valence-corrected chi connectivity index (χ1v) is 7.48. The number of hydrogen-bond donors (Lipinski definition) is 2. The minimum atomic E-state index is -0.464. The van der Waals surface area contributed by atoms with Crippen molar-refractivity contribution in [2.45, 2.75) is 52.7 Å². The van der Waals surface area contributed by atoms with E-state index in [-0.39, 0.29) is 11.4 Å². The van der Waals surface area contributed by atoms with Gasteiger partial charge in [0.05, 0.1) is 6.04 Å². The highest BCUT2D eigenvalue weighted by atomic mass is 16.2. The molecule has 0 unspecified atom stereocenters. The smallest absolute Gasteiger partial charge is 0.321 e. The molecule has 0 aliphatic carbocycles. The number of hydrogen-bond acceptors (Lipinski definition) is 3. The lowest BCUT2D eigenvalue weighted by Gasteiger charge is -2.25. The summed E-state index contributed by atoms with van der Waals surface area (Å²) in [6.45, 7) is 10.1. The monoisotopic (exact) mass is 305 g/mol. The van der Waals surface area contributed by atoms with Gasteiger partial charge in [-0.3, -0.25) is 15.0 Å². The molecule has 1 aromatic carbocycles. The summed E-state index contributed by atoms with van der Waals surface area (Å²) in [4.78, 5) is 25.8. The molecule has 0 bridgehead atoms. The summed E-state index contributed by atoms with van der Waals surface area (Å²) >= 11 is 0.